The third kappa shape index (κ3) is 3.94. The molecule has 1 aromatic heterocycles. The first-order valence-electron chi connectivity index (χ1n) is 10.8. The van der Waals surface area contributed by atoms with Crippen LogP contribution in [0, 0.1) is 17.7 Å². The van der Waals surface area contributed by atoms with Crippen LogP contribution in [-0.2, 0) is 9.59 Å². The maximum absolute atomic E-state index is 14.9. The van der Waals surface area contributed by atoms with Crippen LogP contribution < -0.4 is 4.90 Å². The Morgan fingerprint density at radius 2 is 1.87 bits per heavy atom. The maximum Gasteiger partial charge on any atom is 0.227 e. The highest BCUT2D eigenvalue weighted by atomic mass is 19.1. The normalized spacial score (nSPS) is 18.5. The van der Waals surface area contributed by atoms with Crippen molar-refractivity contribution in [3.05, 3.63) is 54.5 Å². The van der Waals surface area contributed by atoms with Gasteiger partial charge < -0.3 is 14.2 Å². The lowest BCUT2D eigenvalue weighted by Crippen LogP contribution is -2.32. The molecule has 0 spiro atoms. The van der Waals surface area contributed by atoms with Crippen molar-refractivity contribution in [3.8, 4) is 11.1 Å². The van der Waals surface area contributed by atoms with Gasteiger partial charge in [-0.3, -0.25) is 9.59 Å². The Morgan fingerprint density at radius 3 is 2.65 bits per heavy atom. The summed E-state index contributed by atoms with van der Waals surface area (Å²) >= 11 is 0. The van der Waals surface area contributed by atoms with E-state index in [1.807, 2.05) is 35.2 Å². The highest BCUT2D eigenvalue weighted by Gasteiger charge is 2.37. The van der Waals surface area contributed by atoms with E-state index in [1.54, 1.807) is 19.4 Å². The van der Waals surface area contributed by atoms with Crippen LogP contribution in [0.25, 0.3) is 22.1 Å². The average molecular weight is 420 g/mol. The molecule has 5 nitrogen and oxygen atoms in total. The molecule has 1 aliphatic heterocycles. The fraction of sp³-hybridized carbons (Fsp3) is 0.360. The Bertz CT molecular complexity index is 1150. The van der Waals surface area contributed by atoms with E-state index in [0.717, 1.165) is 47.9 Å². The molecule has 160 valence electrons. The minimum Gasteiger partial charge on any atom is -0.464 e. The van der Waals surface area contributed by atoms with Crippen molar-refractivity contribution in [1.29, 1.82) is 0 Å². The molecule has 2 fully saturated rings. The van der Waals surface area contributed by atoms with Gasteiger partial charge in [-0.05, 0) is 66.6 Å². The summed E-state index contributed by atoms with van der Waals surface area (Å²) in [5.41, 5.74) is 2.69. The van der Waals surface area contributed by atoms with Crippen molar-refractivity contribution >= 4 is 28.5 Å². The van der Waals surface area contributed by atoms with Crippen LogP contribution >= 0.6 is 0 Å². The number of likely N-dealkylation sites (tertiary alicyclic amines) is 1. The standard InChI is InChI=1S/C25H25FN2O3/c1-27(24(29)12-16-8-10-28(15-16)25(30)17-2-3-17)22-6-4-19(14-21(22)26)18-5-7-23-20(13-18)9-11-31-23/h4-7,9,11,13-14,16-17H,2-3,8,10,12,15H2,1H3/t16-/m0/s1. The number of hydrogen-bond acceptors (Lipinski definition) is 3. The number of nitrogens with zero attached hydrogens (tertiary/aromatic N) is 2. The Hall–Kier alpha value is -3.15. The Balaban J connectivity index is 1.26. The number of hydrogen-bond donors (Lipinski definition) is 0. The molecule has 2 aliphatic rings. The zero-order valence-corrected chi connectivity index (χ0v) is 17.5. The van der Waals surface area contributed by atoms with Crippen LogP contribution in [0.4, 0.5) is 10.1 Å². The second-order valence-corrected chi connectivity index (χ2v) is 8.71. The van der Waals surface area contributed by atoms with E-state index in [2.05, 4.69) is 0 Å². The fourth-order valence-corrected chi connectivity index (χ4v) is 4.41. The highest BCUT2D eigenvalue weighted by molar-refractivity contribution is 5.93. The molecule has 1 saturated heterocycles. The van der Waals surface area contributed by atoms with Crippen molar-refractivity contribution in [3.63, 3.8) is 0 Å². The summed E-state index contributed by atoms with van der Waals surface area (Å²) in [6.45, 7) is 1.36. The predicted octanol–water partition coefficient (Wildman–Crippen LogP) is 4.85. The Kier molecular flexibility index (Phi) is 5.00. The molecule has 2 amide bonds. The van der Waals surface area contributed by atoms with Crippen molar-refractivity contribution in [2.45, 2.75) is 25.7 Å². The molecule has 3 aromatic rings. The lowest BCUT2D eigenvalue weighted by Gasteiger charge is -2.21. The molecule has 0 radical (unpaired) electrons. The van der Waals surface area contributed by atoms with E-state index < -0.39 is 5.82 Å². The molecule has 0 unspecified atom stereocenters. The molecule has 31 heavy (non-hydrogen) atoms. The van der Waals surface area contributed by atoms with E-state index in [1.165, 1.54) is 11.0 Å². The molecule has 6 heteroatoms. The van der Waals surface area contributed by atoms with Gasteiger partial charge in [0.15, 0.2) is 0 Å². The molecule has 5 rings (SSSR count). The summed E-state index contributed by atoms with van der Waals surface area (Å²) in [5, 5.41) is 0.958. The first-order valence-corrected chi connectivity index (χ1v) is 10.8. The van der Waals surface area contributed by atoms with Crippen LogP contribution in [0.3, 0.4) is 0 Å². The van der Waals surface area contributed by atoms with Gasteiger partial charge in [0, 0.05) is 37.9 Å². The minimum atomic E-state index is -0.433. The van der Waals surface area contributed by atoms with E-state index in [0.29, 0.717) is 13.0 Å². The quantitative estimate of drug-likeness (QED) is 0.593. The molecule has 0 bridgehead atoms. The number of anilines is 1. The summed E-state index contributed by atoms with van der Waals surface area (Å²) in [6, 6.07) is 12.5. The number of halogens is 1. The predicted molar refractivity (Wildman–Crippen MR) is 117 cm³/mol. The van der Waals surface area contributed by atoms with Crippen molar-refractivity contribution in [2.75, 3.05) is 25.0 Å². The third-order valence-corrected chi connectivity index (χ3v) is 6.46. The van der Waals surface area contributed by atoms with Crippen LogP contribution in [0.1, 0.15) is 25.7 Å². The van der Waals surface area contributed by atoms with E-state index >= 15 is 0 Å². The molecule has 2 aromatic carbocycles. The third-order valence-electron chi connectivity index (χ3n) is 6.46. The second-order valence-electron chi connectivity index (χ2n) is 8.71. The summed E-state index contributed by atoms with van der Waals surface area (Å²) < 4.78 is 20.3. The van der Waals surface area contributed by atoms with Gasteiger partial charge in [-0.15, -0.1) is 0 Å². The second kappa shape index (κ2) is 7.84. The molecular weight excluding hydrogens is 395 g/mol. The van der Waals surface area contributed by atoms with Gasteiger partial charge in [0.05, 0.1) is 12.0 Å². The Labute approximate surface area is 180 Å². The first-order chi connectivity index (χ1) is 15.0. The molecule has 1 aliphatic carbocycles. The van der Waals surface area contributed by atoms with Gasteiger partial charge >= 0.3 is 0 Å². The molecule has 1 atom stereocenters. The smallest absolute Gasteiger partial charge is 0.227 e. The van der Waals surface area contributed by atoms with Gasteiger partial charge in [-0.2, -0.15) is 0 Å². The summed E-state index contributed by atoms with van der Waals surface area (Å²) in [7, 11) is 1.61. The van der Waals surface area contributed by atoms with Gasteiger partial charge in [0.1, 0.15) is 11.4 Å². The van der Waals surface area contributed by atoms with Crippen molar-refractivity contribution < 1.29 is 18.4 Å². The molecule has 2 heterocycles. The molecular formula is C25H25FN2O3. The number of carbonyl (C=O) groups excluding carboxylic acids is 2. The minimum absolute atomic E-state index is 0.128. The number of furan rings is 1. The Morgan fingerprint density at radius 1 is 1.10 bits per heavy atom. The van der Waals surface area contributed by atoms with E-state index in [9.17, 15) is 14.0 Å². The van der Waals surface area contributed by atoms with Crippen LogP contribution in [0.2, 0.25) is 0 Å². The van der Waals surface area contributed by atoms with Gasteiger partial charge in [-0.25, -0.2) is 4.39 Å². The molecule has 0 N–H and O–H groups in total. The number of carbonyl (C=O) groups is 2. The lowest BCUT2D eigenvalue weighted by atomic mass is 10.0. The van der Waals surface area contributed by atoms with Crippen molar-refractivity contribution in [2.24, 2.45) is 11.8 Å². The van der Waals surface area contributed by atoms with E-state index in [-0.39, 0.29) is 29.3 Å². The van der Waals surface area contributed by atoms with Gasteiger partial charge in [0.2, 0.25) is 11.8 Å². The first kappa shape index (κ1) is 19.8. The SMILES string of the molecule is CN(C(=O)C[C@@H]1CCN(C(=O)C2CC2)C1)c1ccc(-c2ccc3occc3c2)cc1F. The fourth-order valence-electron chi connectivity index (χ4n) is 4.41. The maximum atomic E-state index is 14.9. The van der Waals surface area contributed by atoms with Crippen LogP contribution in [0.15, 0.2) is 53.1 Å². The molecule has 1 saturated carbocycles. The largest absolute Gasteiger partial charge is 0.464 e. The number of amides is 2. The summed E-state index contributed by atoms with van der Waals surface area (Å²) in [6.07, 6.45) is 4.77. The van der Waals surface area contributed by atoms with Crippen molar-refractivity contribution in [1.82, 2.24) is 4.90 Å². The summed E-state index contributed by atoms with van der Waals surface area (Å²) in [5.74, 6) is 0.0222. The number of benzene rings is 2. The van der Waals surface area contributed by atoms with E-state index in [4.69, 9.17) is 4.42 Å². The van der Waals surface area contributed by atoms with Gasteiger partial charge in [-0.1, -0.05) is 12.1 Å². The highest BCUT2D eigenvalue weighted by Crippen LogP contribution is 2.34. The number of rotatable bonds is 5. The monoisotopic (exact) mass is 420 g/mol. The average Bonchev–Trinajstić information content (AvgIpc) is 3.33. The van der Waals surface area contributed by atoms with Crippen LogP contribution in [-0.4, -0.2) is 36.9 Å². The lowest BCUT2D eigenvalue weighted by molar-refractivity contribution is -0.131. The zero-order valence-electron chi connectivity index (χ0n) is 17.5. The summed E-state index contributed by atoms with van der Waals surface area (Å²) in [4.78, 5) is 28.3. The topological polar surface area (TPSA) is 53.8 Å². The van der Waals surface area contributed by atoms with Gasteiger partial charge in [0.25, 0.3) is 0 Å². The van der Waals surface area contributed by atoms with Crippen LogP contribution in [0.5, 0.6) is 0 Å². The zero-order chi connectivity index (χ0) is 21.5. The number of fused-ring (bicyclic) bond motifs is 1.